The van der Waals surface area contributed by atoms with E-state index in [2.05, 4.69) is 9.80 Å². The van der Waals surface area contributed by atoms with Crippen LogP contribution in [0.25, 0.3) is 0 Å². The monoisotopic (exact) mass is 492 g/mol. The molecule has 2 aromatic rings. The van der Waals surface area contributed by atoms with E-state index < -0.39 is 0 Å². The average Bonchev–Trinajstić information content (AvgIpc) is 2.95. The van der Waals surface area contributed by atoms with E-state index in [1.165, 1.54) is 0 Å². The fourth-order valence-corrected chi connectivity index (χ4v) is 5.26. The first kappa shape index (κ1) is 26.7. The molecular formula is C30H40N2O4. The minimum Gasteiger partial charge on any atom is -0.379 e. The van der Waals surface area contributed by atoms with Crippen LogP contribution in [0.2, 0.25) is 0 Å². The molecule has 0 bridgehead atoms. The highest BCUT2D eigenvalue weighted by Gasteiger charge is 2.26. The van der Waals surface area contributed by atoms with Gasteiger partial charge in [0.25, 0.3) is 0 Å². The molecule has 2 saturated heterocycles. The van der Waals surface area contributed by atoms with Gasteiger partial charge in [-0.15, -0.1) is 0 Å². The van der Waals surface area contributed by atoms with Crippen molar-refractivity contribution in [2.75, 3.05) is 65.7 Å². The molecule has 0 saturated carbocycles. The Labute approximate surface area is 215 Å². The van der Waals surface area contributed by atoms with Gasteiger partial charge in [0.1, 0.15) is 0 Å². The molecule has 2 atom stereocenters. The number of hydrogen-bond donors (Lipinski definition) is 0. The van der Waals surface area contributed by atoms with Gasteiger partial charge < -0.3 is 9.47 Å². The van der Waals surface area contributed by atoms with Crippen LogP contribution in [0.15, 0.2) is 60.7 Å². The summed E-state index contributed by atoms with van der Waals surface area (Å²) in [5.74, 6) is 0.390. The van der Waals surface area contributed by atoms with Crippen LogP contribution in [-0.4, -0.2) is 87.1 Å². The molecule has 2 aliphatic heterocycles. The molecule has 194 valence electrons. The number of Topliss-reactive ketones (excluding diaryl/α,β-unsaturated/α-hetero) is 2. The number of rotatable bonds is 13. The van der Waals surface area contributed by atoms with Gasteiger partial charge in [-0.1, -0.05) is 73.5 Å². The topological polar surface area (TPSA) is 59.1 Å². The highest BCUT2D eigenvalue weighted by molar-refractivity contribution is 5.98. The van der Waals surface area contributed by atoms with Crippen molar-refractivity contribution >= 4 is 11.6 Å². The molecule has 2 heterocycles. The molecule has 0 aromatic heterocycles. The summed E-state index contributed by atoms with van der Waals surface area (Å²) in [6, 6.07) is 19.3. The Kier molecular flexibility index (Phi) is 10.7. The quantitative estimate of drug-likeness (QED) is 0.308. The maximum atomic E-state index is 13.4. The minimum atomic E-state index is -0.0342. The van der Waals surface area contributed by atoms with Crippen LogP contribution in [0.5, 0.6) is 0 Å². The third-order valence-electron chi connectivity index (χ3n) is 7.38. The molecule has 0 spiro atoms. The van der Waals surface area contributed by atoms with Crippen LogP contribution in [0.3, 0.4) is 0 Å². The lowest BCUT2D eigenvalue weighted by Gasteiger charge is -2.31. The summed E-state index contributed by atoms with van der Waals surface area (Å²) in [7, 11) is 0. The highest BCUT2D eigenvalue weighted by atomic mass is 16.5. The number of morpholine rings is 2. The first-order chi connectivity index (χ1) is 17.7. The van der Waals surface area contributed by atoms with Crippen LogP contribution in [0.4, 0.5) is 0 Å². The summed E-state index contributed by atoms with van der Waals surface area (Å²) in [6.07, 6.45) is 3.56. The number of hydrogen-bond acceptors (Lipinski definition) is 6. The van der Waals surface area contributed by atoms with Crippen LogP contribution >= 0.6 is 0 Å². The van der Waals surface area contributed by atoms with E-state index >= 15 is 0 Å². The Balaban J connectivity index is 1.36. The van der Waals surface area contributed by atoms with Crippen LogP contribution in [0, 0.1) is 11.8 Å². The van der Waals surface area contributed by atoms with Gasteiger partial charge in [-0.3, -0.25) is 19.4 Å². The molecule has 0 radical (unpaired) electrons. The fraction of sp³-hybridized carbons (Fsp3) is 0.533. The van der Waals surface area contributed by atoms with E-state index in [1.807, 2.05) is 60.7 Å². The molecule has 2 aromatic carbocycles. The van der Waals surface area contributed by atoms with E-state index in [4.69, 9.17) is 9.47 Å². The Hall–Kier alpha value is -2.38. The molecular weight excluding hydrogens is 452 g/mol. The predicted octanol–water partition coefficient (Wildman–Crippen LogP) is 4.21. The molecule has 0 aliphatic carbocycles. The fourth-order valence-electron chi connectivity index (χ4n) is 5.26. The first-order valence-corrected chi connectivity index (χ1v) is 13.5. The molecule has 0 amide bonds. The van der Waals surface area contributed by atoms with Gasteiger partial charge in [0.05, 0.1) is 26.4 Å². The summed E-state index contributed by atoms with van der Waals surface area (Å²) in [5, 5.41) is 0. The number of benzene rings is 2. The molecule has 0 N–H and O–H groups in total. The molecule has 2 aliphatic rings. The van der Waals surface area contributed by atoms with Crippen molar-refractivity contribution in [1.29, 1.82) is 0 Å². The lowest BCUT2D eigenvalue weighted by atomic mass is 9.88. The van der Waals surface area contributed by atoms with Gasteiger partial charge in [0.2, 0.25) is 0 Å². The third kappa shape index (κ3) is 8.07. The van der Waals surface area contributed by atoms with Crippen molar-refractivity contribution in [3.05, 3.63) is 71.8 Å². The smallest absolute Gasteiger partial charge is 0.167 e. The van der Waals surface area contributed by atoms with Crippen LogP contribution in [-0.2, 0) is 9.47 Å². The number of carbonyl (C=O) groups excluding carboxylic acids is 2. The third-order valence-corrected chi connectivity index (χ3v) is 7.38. The minimum absolute atomic E-state index is 0.0342. The second-order valence-electron chi connectivity index (χ2n) is 9.96. The Bertz CT molecular complexity index is 847. The summed E-state index contributed by atoms with van der Waals surface area (Å²) in [6.45, 7) is 8.01. The molecule has 4 rings (SSSR count). The largest absolute Gasteiger partial charge is 0.379 e. The van der Waals surface area contributed by atoms with Crippen molar-refractivity contribution < 1.29 is 19.1 Å². The Morgan fingerprint density at radius 2 is 0.972 bits per heavy atom. The van der Waals surface area contributed by atoms with Gasteiger partial charge >= 0.3 is 0 Å². The molecule has 2 fully saturated rings. The summed E-state index contributed by atoms with van der Waals surface area (Å²) in [5.41, 5.74) is 1.58. The Morgan fingerprint density at radius 3 is 1.33 bits per heavy atom. The van der Waals surface area contributed by atoms with E-state index in [0.717, 1.165) is 103 Å². The van der Waals surface area contributed by atoms with Crippen molar-refractivity contribution in [2.24, 2.45) is 11.8 Å². The zero-order chi connectivity index (χ0) is 25.0. The van der Waals surface area contributed by atoms with E-state index in [1.54, 1.807) is 0 Å². The molecule has 6 heteroatoms. The van der Waals surface area contributed by atoms with Crippen molar-refractivity contribution in [2.45, 2.75) is 25.7 Å². The first-order valence-electron chi connectivity index (χ1n) is 13.5. The summed E-state index contributed by atoms with van der Waals surface area (Å²) in [4.78, 5) is 31.5. The standard InChI is InChI=1S/C30H40N2O4/c33-29(25-9-3-1-4-10-25)27(23-31-15-19-35-20-16-31)13-7-8-14-28(24-32-17-21-36-22-18-32)30(34)26-11-5-2-6-12-26/h1-6,9-12,27-28H,7-8,13-24H2. The maximum Gasteiger partial charge on any atom is 0.167 e. The van der Waals surface area contributed by atoms with Crippen LogP contribution in [0.1, 0.15) is 46.4 Å². The number of nitrogens with zero attached hydrogens (tertiary/aromatic N) is 2. The maximum absolute atomic E-state index is 13.4. The zero-order valence-electron chi connectivity index (χ0n) is 21.4. The average molecular weight is 493 g/mol. The summed E-state index contributed by atoms with van der Waals surface area (Å²) < 4.78 is 11.0. The van der Waals surface area contributed by atoms with Gasteiger partial charge in [0.15, 0.2) is 11.6 Å². The SMILES string of the molecule is O=C(c1ccccc1)C(CCCCC(CN1CCOCC1)C(=O)c1ccccc1)CN1CCOCC1. The second-order valence-corrected chi connectivity index (χ2v) is 9.96. The van der Waals surface area contributed by atoms with Gasteiger partial charge in [0, 0.05) is 62.2 Å². The number of ketones is 2. The Morgan fingerprint density at radius 1 is 0.611 bits per heavy atom. The number of unbranched alkanes of at least 4 members (excludes halogenated alkanes) is 1. The van der Waals surface area contributed by atoms with Crippen molar-refractivity contribution in [3.8, 4) is 0 Å². The molecule has 2 unspecified atom stereocenters. The van der Waals surface area contributed by atoms with Gasteiger partial charge in [-0.25, -0.2) is 0 Å². The highest BCUT2D eigenvalue weighted by Crippen LogP contribution is 2.22. The van der Waals surface area contributed by atoms with E-state index in [-0.39, 0.29) is 23.4 Å². The number of ether oxygens (including phenoxy) is 2. The van der Waals surface area contributed by atoms with Crippen molar-refractivity contribution in [3.63, 3.8) is 0 Å². The van der Waals surface area contributed by atoms with Crippen LogP contribution < -0.4 is 0 Å². The lowest BCUT2D eigenvalue weighted by Crippen LogP contribution is -2.41. The van der Waals surface area contributed by atoms with Gasteiger partial charge in [-0.2, -0.15) is 0 Å². The lowest BCUT2D eigenvalue weighted by molar-refractivity contribution is 0.0283. The van der Waals surface area contributed by atoms with Gasteiger partial charge in [-0.05, 0) is 12.8 Å². The summed E-state index contributed by atoms with van der Waals surface area (Å²) >= 11 is 0. The predicted molar refractivity (Wildman–Crippen MR) is 142 cm³/mol. The van der Waals surface area contributed by atoms with E-state index in [9.17, 15) is 9.59 Å². The number of carbonyl (C=O) groups is 2. The second kappa shape index (κ2) is 14.4. The molecule has 36 heavy (non-hydrogen) atoms. The molecule has 6 nitrogen and oxygen atoms in total. The zero-order valence-corrected chi connectivity index (χ0v) is 21.4. The van der Waals surface area contributed by atoms with E-state index in [0.29, 0.717) is 0 Å². The normalized spacial score (nSPS) is 19.0. The van der Waals surface area contributed by atoms with Crippen molar-refractivity contribution in [1.82, 2.24) is 9.80 Å².